The van der Waals surface area contributed by atoms with Crippen LogP contribution in [-0.4, -0.2) is 55.3 Å². The maximum Gasteiger partial charge on any atom is 0.241 e. The molecule has 0 bridgehead atoms. The van der Waals surface area contributed by atoms with Gasteiger partial charge in [-0.1, -0.05) is 12.1 Å². The fraction of sp³-hybridized carbons (Fsp3) is 0.429. The van der Waals surface area contributed by atoms with Gasteiger partial charge in [-0.2, -0.15) is 0 Å². The number of halogens is 1. The number of benzene rings is 1. The van der Waals surface area contributed by atoms with Crippen molar-refractivity contribution in [1.29, 1.82) is 0 Å². The van der Waals surface area contributed by atoms with Crippen molar-refractivity contribution in [1.82, 2.24) is 9.80 Å². The van der Waals surface area contributed by atoms with Gasteiger partial charge < -0.3 is 10.2 Å². The van der Waals surface area contributed by atoms with E-state index in [0.717, 1.165) is 0 Å². The van der Waals surface area contributed by atoms with Crippen molar-refractivity contribution in [3.8, 4) is 0 Å². The van der Waals surface area contributed by atoms with Gasteiger partial charge in [0.2, 0.25) is 11.8 Å². The zero-order chi connectivity index (χ0) is 15.3. The van der Waals surface area contributed by atoms with Gasteiger partial charge in [0.25, 0.3) is 0 Å². The van der Waals surface area contributed by atoms with E-state index in [0.29, 0.717) is 0 Å². The summed E-state index contributed by atoms with van der Waals surface area (Å²) < 4.78 is 13.4. The third-order valence-corrected chi connectivity index (χ3v) is 3.06. The molecule has 1 rings (SSSR count). The minimum atomic E-state index is -0.543. The van der Waals surface area contributed by atoms with E-state index in [1.807, 2.05) is 0 Å². The van der Waals surface area contributed by atoms with Gasteiger partial charge in [0.15, 0.2) is 0 Å². The van der Waals surface area contributed by atoms with Crippen LogP contribution in [0.5, 0.6) is 0 Å². The Morgan fingerprint density at radius 2 is 1.85 bits per heavy atom. The number of hydrogen-bond acceptors (Lipinski definition) is 3. The first kappa shape index (κ1) is 16.1. The molecule has 0 radical (unpaired) electrons. The topological polar surface area (TPSA) is 52.7 Å². The van der Waals surface area contributed by atoms with Crippen LogP contribution in [0.2, 0.25) is 0 Å². The number of hydrogen-bond donors (Lipinski definition) is 1. The van der Waals surface area contributed by atoms with Crippen LogP contribution in [0.25, 0.3) is 0 Å². The molecule has 0 heterocycles. The molecule has 2 amide bonds. The Hall–Kier alpha value is -1.95. The van der Waals surface area contributed by atoms with Gasteiger partial charge in [-0.05, 0) is 26.1 Å². The number of nitrogens with one attached hydrogen (secondary N) is 1. The Labute approximate surface area is 118 Å². The highest BCUT2D eigenvalue weighted by atomic mass is 19.1. The molecule has 0 spiro atoms. The number of rotatable bonds is 5. The van der Waals surface area contributed by atoms with Crippen molar-refractivity contribution in [2.75, 3.05) is 33.0 Å². The number of anilines is 1. The van der Waals surface area contributed by atoms with E-state index in [2.05, 4.69) is 5.32 Å². The molecule has 5 nitrogen and oxygen atoms in total. The van der Waals surface area contributed by atoms with Crippen LogP contribution >= 0.6 is 0 Å². The Morgan fingerprint density at radius 1 is 1.25 bits per heavy atom. The number of nitrogens with zero attached hydrogens (tertiary/aromatic N) is 2. The predicted octanol–water partition coefficient (Wildman–Crippen LogP) is 1.17. The minimum Gasteiger partial charge on any atom is -0.348 e. The van der Waals surface area contributed by atoms with Crippen LogP contribution in [-0.2, 0) is 9.59 Å². The molecule has 1 atom stereocenters. The standard InChI is InChI=1S/C14H20FN3O2/c1-10(18(4)9-13(19)17(2)3)14(20)16-12-8-6-5-7-11(12)15/h5-8,10H,9H2,1-4H3,(H,16,20). The normalized spacial score (nSPS) is 12.1. The molecular formula is C14H20FN3O2. The van der Waals surface area contributed by atoms with Crippen molar-refractivity contribution in [2.24, 2.45) is 0 Å². The van der Waals surface area contributed by atoms with Crippen LogP contribution < -0.4 is 5.32 Å². The lowest BCUT2D eigenvalue weighted by molar-refractivity contribution is -0.131. The monoisotopic (exact) mass is 281 g/mol. The lowest BCUT2D eigenvalue weighted by Crippen LogP contribution is -2.44. The van der Waals surface area contributed by atoms with Crippen LogP contribution in [0.3, 0.4) is 0 Å². The smallest absolute Gasteiger partial charge is 0.241 e. The van der Waals surface area contributed by atoms with Gasteiger partial charge in [0.1, 0.15) is 5.82 Å². The first-order chi connectivity index (χ1) is 9.32. The maximum absolute atomic E-state index is 13.4. The third kappa shape index (κ3) is 4.31. The first-order valence-electron chi connectivity index (χ1n) is 6.28. The maximum atomic E-state index is 13.4. The van der Waals surface area contributed by atoms with Crippen LogP contribution in [0.1, 0.15) is 6.92 Å². The van der Waals surface area contributed by atoms with Crippen LogP contribution in [0, 0.1) is 5.82 Å². The Morgan fingerprint density at radius 3 is 2.40 bits per heavy atom. The second-order valence-corrected chi connectivity index (χ2v) is 4.85. The van der Waals surface area contributed by atoms with Gasteiger partial charge in [-0.3, -0.25) is 14.5 Å². The summed E-state index contributed by atoms with van der Waals surface area (Å²) in [6.07, 6.45) is 0. The molecule has 1 aromatic carbocycles. The van der Waals surface area contributed by atoms with Crippen LogP contribution in [0.4, 0.5) is 10.1 Å². The van der Waals surface area contributed by atoms with Gasteiger partial charge in [0, 0.05) is 14.1 Å². The highest BCUT2D eigenvalue weighted by Gasteiger charge is 2.21. The van der Waals surface area contributed by atoms with Crippen LogP contribution in [0.15, 0.2) is 24.3 Å². The molecule has 0 aliphatic rings. The van der Waals surface area contributed by atoms with E-state index >= 15 is 0 Å². The van der Waals surface area contributed by atoms with Crippen molar-refractivity contribution < 1.29 is 14.0 Å². The Bertz CT molecular complexity index is 491. The quantitative estimate of drug-likeness (QED) is 0.881. The molecule has 1 N–H and O–H groups in total. The molecule has 0 aliphatic heterocycles. The second kappa shape index (κ2) is 7.00. The van der Waals surface area contributed by atoms with Crippen molar-refractivity contribution in [3.63, 3.8) is 0 Å². The number of amides is 2. The first-order valence-corrected chi connectivity index (χ1v) is 6.28. The molecule has 0 aromatic heterocycles. The van der Waals surface area contributed by atoms with Gasteiger partial charge in [0.05, 0.1) is 18.3 Å². The molecular weight excluding hydrogens is 261 g/mol. The lowest BCUT2D eigenvalue weighted by Gasteiger charge is -2.24. The number of carbonyl (C=O) groups is 2. The summed E-state index contributed by atoms with van der Waals surface area (Å²) in [4.78, 5) is 26.7. The van der Waals surface area contributed by atoms with E-state index in [9.17, 15) is 14.0 Å². The highest BCUT2D eigenvalue weighted by Crippen LogP contribution is 2.13. The number of carbonyl (C=O) groups excluding carboxylic acids is 2. The molecule has 20 heavy (non-hydrogen) atoms. The molecule has 6 heteroatoms. The summed E-state index contributed by atoms with van der Waals surface area (Å²) in [6, 6.07) is 5.42. The SMILES string of the molecule is CC(C(=O)Nc1ccccc1F)N(C)CC(=O)N(C)C. The summed E-state index contributed by atoms with van der Waals surface area (Å²) in [5.41, 5.74) is 0.136. The lowest BCUT2D eigenvalue weighted by atomic mass is 10.2. The average Bonchev–Trinajstić information content (AvgIpc) is 2.40. The van der Waals surface area contributed by atoms with E-state index in [1.165, 1.54) is 17.0 Å². The molecule has 110 valence electrons. The van der Waals surface area contributed by atoms with E-state index in [4.69, 9.17) is 0 Å². The summed E-state index contributed by atoms with van der Waals surface area (Å²) in [6.45, 7) is 1.79. The number of likely N-dealkylation sites (N-methyl/N-ethyl adjacent to an activating group) is 2. The molecule has 1 unspecified atom stereocenters. The summed E-state index contributed by atoms with van der Waals surface area (Å²) in [7, 11) is 4.98. The summed E-state index contributed by atoms with van der Waals surface area (Å²) in [5.74, 6) is -0.942. The molecule has 0 fully saturated rings. The second-order valence-electron chi connectivity index (χ2n) is 4.85. The zero-order valence-corrected chi connectivity index (χ0v) is 12.2. The number of para-hydroxylation sites is 1. The Kier molecular flexibility index (Phi) is 5.64. The van der Waals surface area contributed by atoms with Crippen molar-refractivity contribution in [2.45, 2.75) is 13.0 Å². The fourth-order valence-corrected chi connectivity index (χ4v) is 1.49. The summed E-state index contributed by atoms with van der Waals surface area (Å²) in [5, 5.41) is 2.51. The van der Waals surface area contributed by atoms with E-state index < -0.39 is 11.9 Å². The van der Waals surface area contributed by atoms with Gasteiger partial charge in [-0.15, -0.1) is 0 Å². The largest absolute Gasteiger partial charge is 0.348 e. The van der Waals surface area contributed by atoms with E-state index in [-0.39, 0.29) is 24.0 Å². The van der Waals surface area contributed by atoms with Gasteiger partial charge >= 0.3 is 0 Å². The fourth-order valence-electron chi connectivity index (χ4n) is 1.49. The van der Waals surface area contributed by atoms with E-state index in [1.54, 1.807) is 45.1 Å². The summed E-state index contributed by atoms with van der Waals surface area (Å²) >= 11 is 0. The van der Waals surface area contributed by atoms with Gasteiger partial charge in [-0.25, -0.2) is 4.39 Å². The van der Waals surface area contributed by atoms with Crippen molar-refractivity contribution in [3.05, 3.63) is 30.1 Å². The zero-order valence-electron chi connectivity index (χ0n) is 12.2. The molecule has 0 aliphatic carbocycles. The molecule has 0 saturated carbocycles. The third-order valence-electron chi connectivity index (χ3n) is 3.06. The Balaban J connectivity index is 2.63. The molecule has 1 aromatic rings. The average molecular weight is 281 g/mol. The predicted molar refractivity (Wildman–Crippen MR) is 75.8 cm³/mol. The minimum absolute atomic E-state index is 0.0990. The van der Waals surface area contributed by atoms with Crippen molar-refractivity contribution >= 4 is 17.5 Å². The highest BCUT2D eigenvalue weighted by molar-refractivity contribution is 5.95. The molecule has 0 saturated heterocycles.